The molecule has 0 fully saturated rings. The van der Waals surface area contributed by atoms with Crippen molar-refractivity contribution in [3.8, 4) is 11.5 Å². The Morgan fingerprint density at radius 3 is 2.26 bits per heavy atom. The number of hydrogen-bond acceptors (Lipinski definition) is 6. The highest BCUT2D eigenvalue weighted by Gasteiger charge is 2.23. The molecule has 3 aromatic carbocycles. The number of ether oxygens (including phenoxy) is 1. The second-order valence-electron chi connectivity index (χ2n) is 7.50. The van der Waals surface area contributed by atoms with Gasteiger partial charge in [-0.2, -0.15) is 11.8 Å². The molecule has 0 saturated heterocycles. The lowest BCUT2D eigenvalue weighted by molar-refractivity contribution is -0.147. The molecule has 0 unspecified atom stereocenters. The van der Waals surface area contributed by atoms with E-state index in [1.54, 1.807) is 36.0 Å². The zero-order chi connectivity index (χ0) is 23.6. The Labute approximate surface area is 202 Å². The highest BCUT2D eigenvalue weighted by Crippen LogP contribution is 2.19. The molecule has 0 saturated carbocycles. The van der Waals surface area contributed by atoms with Gasteiger partial charge in [0.15, 0.2) is 12.4 Å². The van der Waals surface area contributed by atoms with E-state index in [0.717, 1.165) is 11.1 Å². The molecule has 0 aliphatic rings. The first-order valence-corrected chi connectivity index (χ1v) is 12.0. The molecule has 172 valence electrons. The summed E-state index contributed by atoms with van der Waals surface area (Å²) in [5, 5.41) is 2.81. The molecule has 0 aliphatic carbocycles. The summed E-state index contributed by atoms with van der Waals surface area (Å²) >= 11 is 1.55. The van der Waals surface area contributed by atoms with Crippen LogP contribution >= 0.6 is 11.8 Å². The molecule has 0 bridgehead atoms. The smallest absolute Gasteiger partial charge is 0.329 e. The zero-order valence-corrected chi connectivity index (χ0v) is 19.2. The van der Waals surface area contributed by atoms with Crippen LogP contribution in [0.25, 0.3) is 11.5 Å². The van der Waals surface area contributed by atoms with Crippen LogP contribution in [0.5, 0.6) is 0 Å². The van der Waals surface area contributed by atoms with Gasteiger partial charge in [-0.05, 0) is 29.8 Å². The van der Waals surface area contributed by atoms with Gasteiger partial charge in [0, 0.05) is 22.6 Å². The van der Waals surface area contributed by atoms with E-state index in [2.05, 4.69) is 10.3 Å². The molecule has 4 rings (SSSR count). The zero-order valence-electron chi connectivity index (χ0n) is 18.4. The first-order chi connectivity index (χ1) is 16.7. The number of benzene rings is 3. The Kier molecular flexibility index (Phi) is 8.13. The van der Waals surface area contributed by atoms with Crippen LogP contribution in [0.2, 0.25) is 0 Å². The Morgan fingerprint density at radius 1 is 0.912 bits per heavy atom. The first kappa shape index (κ1) is 23.3. The van der Waals surface area contributed by atoms with Gasteiger partial charge in [-0.15, -0.1) is 0 Å². The van der Waals surface area contributed by atoms with Gasteiger partial charge in [0.25, 0.3) is 5.91 Å². The van der Waals surface area contributed by atoms with E-state index in [9.17, 15) is 9.59 Å². The third-order valence-electron chi connectivity index (χ3n) is 4.95. The summed E-state index contributed by atoms with van der Waals surface area (Å²) in [6.07, 6.45) is 1.54. The molecular weight excluding hydrogens is 448 g/mol. The van der Waals surface area contributed by atoms with Crippen LogP contribution in [0.1, 0.15) is 21.7 Å². The molecule has 7 heteroatoms. The molecule has 0 spiro atoms. The number of amides is 1. The number of aromatic nitrogens is 1. The molecule has 6 nitrogen and oxygen atoms in total. The van der Waals surface area contributed by atoms with E-state index in [4.69, 9.17) is 9.15 Å². The fourth-order valence-electron chi connectivity index (χ4n) is 3.20. The summed E-state index contributed by atoms with van der Waals surface area (Å²) in [7, 11) is 0. The van der Waals surface area contributed by atoms with Crippen molar-refractivity contribution in [2.24, 2.45) is 0 Å². The number of esters is 1. The summed E-state index contributed by atoms with van der Waals surface area (Å²) in [5.74, 6) is 1.12. The van der Waals surface area contributed by atoms with Crippen molar-refractivity contribution in [2.75, 3.05) is 5.75 Å². The Balaban J connectivity index is 1.38. The normalized spacial score (nSPS) is 11.5. The van der Waals surface area contributed by atoms with Crippen LogP contribution in [-0.4, -0.2) is 28.7 Å². The second kappa shape index (κ2) is 11.9. The van der Waals surface area contributed by atoms with Crippen molar-refractivity contribution in [3.63, 3.8) is 0 Å². The first-order valence-electron chi connectivity index (χ1n) is 10.8. The molecule has 1 atom stereocenters. The van der Waals surface area contributed by atoms with E-state index in [0.29, 0.717) is 28.7 Å². The third kappa shape index (κ3) is 6.59. The number of carbonyl (C=O) groups excluding carboxylic acids is 2. The minimum absolute atomic E-state index is 0.0697. The molecule has 4 aromatic rings. The highest BCUT2D eigenvalue weighted by atomic mass is 32.2. The fourth-order valence-corrected chi connectivity index (χ4v) is 4.20. The van der Waals surface area contributed by atoms with Crippen molar-refractivity contribution >= 4 is 23.6 Å². The maximum atomic E-state index is 12.9. The topological polar surface area (TPSA) is 81.4 Å². The molecule has 1 N–H and O–H groups in total. The predicted octanol–water partition coefficient (Wildman–Crippen LogP) is 5.12. The summed E-state index contributed by atoms with van der Waals surface area (Å²) in [6.45, 7) is -0.0697. The van der Waals surface area contributed by atoms with Gasteiger partial charge < -0.3 is 14.5 Å². The number of thioether (sulfide) groups is 1. The van der Waals surface area contributed by atoms with Crippen LogP contribution in [-0.2, 0) is 21.9 Å². The molecular formula is C27H24N2O4S. The van der Waals surface area contributed by atoms with Crippen LogP contribution in [0, 0.1) is 0 Å². The maximum absolute atomic E-state index is 12.9. The molecule has 1 amide bonds. The van der Waals surface area contributed by atoms with Crippen LogP contribution in [0.3, 0.4) is 0 Å². The van der Waals surface area contributed by atoms with Crippen molar-refractivity contribution in [2.45, 2.75) is 18.4 Å². The largest absolute Gasteiger partial charge is 0.456 e. The van der Waals surface area contributed by atoms with Gasteiger partial charge in [0.2, 0.25) is 5.89 Å². The lowest BCUT2D eigenvalue weighted by Crippen LogP contribution is -2.43. The van der Waals surface area contributed by atoms with Gasteiger partial charge in [0.05, 0.1) is 6.20 Å². The second-order valence-corrected chi connectivity index (χ2v) is 8.53. The van der Waals surface area contributed by atoms with Crippen molar-refractivity contribution in [1.29, 1.82) is 0 Å². The van der Waals surface area contributed by atoms with E-state index in [-0.39, 0.29) is 12.5 Å². The van der Waals surface area contributed by atoms with Gasteiger partial charge >= 0.3 is 5.97 Å². The van der Waals surface area contributed by atoms with E-state index < -0.39 is 12.0 Å². The van der Waals surface area contributed by atoms with Crippen LogP contribution < -0.4 is 5.32 Å². The molecule has 1 aromatic heterocycles. The Bertz CT molecular complexity index is 1200. The number of nitrogens with one attached hydrogen (secondary N) is 1. The van der Waals surface area contributed by atoms with Gasteiger partial charge in [0.1, 0.15) is 6.04 Å². The maximum Gasteiger partial charge on any atom is 0.329 e. The number of oxazole rings is 1. The van der Waals surface area contributed by atoms with Crippen LogP contribution in [0.15, 0.2) is 102 Å². The Morgan fingerprint density at radius 2 is 1.56 bits per heavy atom. The summed E-state index contributed by atoms with van der Waals surface area (Å²) in [6, 6.07) is 27.4. The van der Waals surface area contributed by atoms with Crippen LogP contribution in [0.4, 0.5) is 0 Å². The standard InChI is InChI=1S/C27H24N2O4S/c30-25(21-12-6-2-7-13-21)29-24(19-34-18-20-10-4-1-5-11-20)27(31)32-17-23-16-28-26(33-23)22-14-8-3-9-15-22/h1-16,24H,17-19H2,(H,29,30)/t24-/m0/s1. The van der Waals surface area contributed by atoms with Crippen molar-refractivity contribution in [3.05, 3.63) is 114 Å². The van der Waals surface area contributed by atoms with Gasteiger partial charge in [-0.3, -0.25) is 4.79 Å². The number of carbonyl (C=O) groups is 2. The molecule has 0 radical (unpaired) electrons. The SMILES string of the molecule is O=C(N[C@@H](CSCc1ccccc1)C(=O)OCc1cnc(-c2ccccc2)o1)c1ccccc1. The fraction of sp³-hybridized carbons (Fsp3) is 0.148. The number of rotatable bonds is 10. The van der Waals surface area contributed by atoms with Gasteiger partial charge in [-0.1, -0.05) is 66.7 Å². The lowest BCUT2D eigenvalue weighted by Gasteiger charge is -2.17. The van der Waals surface area contributed by atoms with Crippen molar-refractivity contribution < 1.29 is 18.7 Å². The van der Waals surface area contributed by atoms with E-state index >= 15 is 0 Å². The summed E-state index contributed by atoms with van der Waals surface area (Å²) < 4.78 is 11.2. The Hall–Kier alpha value is -3.84. The average molecular weight is 473 g/mol. The molecule has 1 heterocycles. The van der Waals surface area contributed by atoms with Gasteiger partial charge in [-0.25, -0.2) is 9.78 Å². The van der Waals surface area contributed by atoms with E-state index in [1.807, 2.05) is 66.7 Å². The highest BCUT2D eigenvalue weighted by molar-refractivity contribution is 7.98. The number of hydrogen-bond donors (Lipinski definition) is 1. The average Bonchev–Trinajstić information content (AvgIpc) is 3.37. The number of nitrogens with zero attached hydrogens (tertiary/aromatic N) is 1. The molecule has 0 aliphatic heterocycles. The van der Waals surface area contributed by atoms with E-state index in [1.165, 1.54) is 6.20 Å². The molecule has 34 heavy (non-hydrogen) atoms. The monoisotopic (exact) mass is 472 g/mol. The quantitative estimate of drug-likeness (QED) is 0.323. The minimum atomic E-state index is -0.807. The lowest BCUT2D eigenvalue weighted by atomic mass is 10.2. The summed E-state index contributed by atoms with van der Waals surface area (Å²) in [5.41, 5.74) is 2.46. The predicted molar refractivity (Wildman–Crippen MR) is 132 cm³/mol. The third-order valence-corrected chi connectivity index (χ3v) is 6.06. The summed E-state index contributed by atoms with van der Waals surface area (Å²) in [4.78, 5) is 29.8. The van der Waals surface area contributed by atoms with Crippen molar-refractivity contribution in [1.82, 2.24) is 10.3 Å². The minimum Gasteiger partial charge on any atom is -0.456 e.